The van der Waals surface area contributed by atoms with Gasteiger partial charge in [-0.15, -0.1) is 0 Å². The molecule has 1 aromatic heterocycles. The van der Waals surface area contributed by atoms with Gasteiger partial charge in [0.1, 0.15) is 5.76 Å². The van der Waals surface area contributed by atoms with Crippen LogP contribution >= 0.6 is 23.2 Å². The predicted octanol–water partition coefficient (Wildman–Crippen LogP) is 5.81. The molecule has 4 aliphatic rings. The molecule has 2 aromatic rings. The molecule has 5 heteroatoms. The number of carbonyl (C=O) groups excluding carboxylic acids is 1. The third-order valence-electron chi connectivity index (χ3n) is 6.55. The molecule has 0 radical (unpaired) electrons. The molecule has 0 saturated heterocycles. The second-order valence-corrected chi connectivity index (χ2v) is 9.06. The van der Waals surface area contributed by atoms with Gasteiger partial charge in [-0.2, -0.15) is 0 Å². The number of hydrogen-bond donors (Lipinski definition) is 1. The fourth-order valence-electron chi connectivity index (χ4n) is 5.68. The maximum Gasteiger partial charge on any atom is 0.287 e. The van der Waals surface area contributed by atoms with E-state index in [4.69, 9.17) is 27.6 Å². The van der Waals surface area contributed by atoms with Crippen molar-refractivity contribution in [1.29, 1.82) is 0 Å². The van der Waals surface area contributed by atoms with Crippen molar-refractivity contribution < 1.29 is 9.21 Å². The van der Waals surface area contributed by atoms with Gasteiger partial charge in [-0.25, -0.2) is 0 Å². The Morgan fingerprint density at radius 3 is 2.31 bits per heavy atom. The summed E-state index contributed by atoms with van der Waals surface area (Å²) in [5, 5.41) is 4.37. The van der Waals surface area contributed by atoms with Crippen LogP contribution in [-0.4, -0.2) is 11.9 Å². The van der Waals surface area contributed by atoms with E-state index in [1.54, 1.807) is 24.3 Å². The second kappa shape index (κ2) is 6.31. The third-order valence-corrected chi connectivity index (χ3v) is 7.10. The highest BCUT2D eigenvalue weighted by Crippen LogP contribution is 2.53. The summed E-state index contributed by atoms with van der Waals surface area (Å²) in [5.74, 6) is 3.91. The number of rotatable bonds is 3. The third kappa shape index (κ3) is 2.86. The van der Waals surface area contributed by atoms with Crippen LogP contribution < -0.4 is 5.32 Å². The van der Waals surface area contributed by atoms with Gasteiger partial charge >= 0.3 is 0 Å². The maximum atomic E-state index is 12.8. The zero-order chi connectivity index (χ0) is 17.8. The Balaban J connectivity index is 1.33. The molecule has 1 amide bonds. The number of nitrogens with one attached hydrogen (secondary N) is 1. The SMILES string of the molecule is O=C(NC1C2CC3CC(C2)CC1C3)c1ccc(-c2ccc(Cl)cc2Cl)o1. The molecular formula is C21H21Cl2NO2. The standard InChI is InChI=1S/C21H21Cl2NO2/c22-15-1-2-16(17(23)10-15)18-3-4-19(26-18)21(25)24-20-13-6-11-5-12(8-13)9-14(20)7-11/h1-4,10-14,20H,5-9H2,(H,24,25). The van der Waals surface area contributed by atoms with Crippen molar-refractivity contribution >= 4 is 29.1 Å². The van der Waals surface area contributed by atoms with Crippen molar-refractivity contribution in [1.82, 2.24) is 5.32 Å². The molecule has 0 unspecified atom stereocenters. The lowest BCUT2D eigenvalue weighted by Crippen LogP contribution is -2.55. The average Bonchev–Trinajstić information content (AvgIpc) is 3.07. The van der Waals surface area contributed by atoms with Gasteiger partial charge in [-0.3, -0.25) is 4.79 Å². The summed E-state index contributed by atoms with van der Waals surface area (Å²) in [7, 11) is 0. The Labute approximate surface area is 163 Å². The van der Waals surface area contributed by atoms with E-state index in [1.165, 1.54) is 32.1 Å². The van der Waals surface area contributed by atoms with E-state index < -0.39 is 0 Å². The molecular weight excluding hydrogens is 369 g/mol. The highest BCUT2D eigenvalue weighted by Gasteiger charge is 2.48. The summed E-state index contributed by atoms with van der Waals surface area (Å²) in [6.45, 7) is 0. The van der Waals surface area contributed by atoms with Gasteiger partial charge in [-0.05, 0) is 86.1 Å². The first kappa shape index (κ1) is 16.7. The van der Waals surface area contributed by atoms with Crippen molar-refractivity contribution in [2.45, 2.75) is 38.1 Å². The van der Waals surface area contributed by atoms with Gasteiger partial charge < -0.3 is 9.73 Å². The smallest absolute Gasteiger partial charge is 0.287 e. The molecule has 1 aromatic carbocycles. The van der Waals surface area contributed by atoms with Gasteiger partial charge in [0.25, 0.3) is 5.91 Å². The van der Waals surface area contributed by atoms with E-state index in [0.29, 0.717) is 39.4 Å². The number of furan rings is 1. The van der Waals surface area contributed by atoms with E-state index in [2.05, 4.69) is 5.32 Å². The minimum absolute atomic E-state index is 0.112. The van der Waals surface area contributed by atoms with E-state index in [-0.39, 0.29) is 5.91 Å². The first-order valence-corrected chi connectivity index (χ1v) is 10.2. The second-order valence-electron chi connectivity index (χ2n) is 8.22. The monoisotopic (exact) mass is 389 g/mol. The van der Waals surface area contributed by atoms with Gasteiger partial charge in [0, 0.05) is 16.6 Å². The van der Waals surface area contributed by atoms with E-state index in [9.17, 15) is 4.79 Å². The van der Waals surface area contributed by atoms with Crippen LogP contribution in [0.3, 0.4) is 0 Å². The Bertz CT molecular complexity index is 831. The molecule has 1 heterocycles. The van der Waals surface area contributed by atoms with Crippen LogP contribution in [0.25, 0.3) is 11.3 Å². The molecule has 4 saturated carbocycles. The van der Waals surface area contributed by atoms with Crippen LogP contribution in [0, 0.1) is 23.7 Å². The number of halogens is 2. The Morgan fingerprint density at radius 2 is 1.65 bits per heavy atom. The molecule has 3 nitrogen and oxygen atoms in total. The molecule has 0 aliphatic heterocycles. The molecule has 4 bridgehead atoms. The fraction of sp³-hybridized carbons (Fsp3) is 0.476. The topological polar surface area (TPSA) is 42.2 Å². The molecule has 26 heavy (non-hydrogen) atoms. The van der Waals surface area contributed by atoms with Gasteiger partial charge in [0.2, 0.25) is 0 Å². The van der Waals surface area contributed by atoms with E-state index in [1.807, 2.05) is 6.07 Å². The van der Waals surface area contributed by atoms with E-state index in [0.717, 1.165) is 17.4 Å². The summed E-state index contributed by atoms with van der Waals surface area (Å²) in [6, 6.07) is 9.08. The van der Waals surface area contributed by atoms with Crippen molar-refractivity contribution in [3.63, 3.8) is 0 Å². The lowest BCUT2D eigenvalue weighted by molar-refractivity contribution is -0.0122. The van der Waals surface area contributed by atoms with Crippen LogP contribution in [0.2, 0.25) is 10.0 Å². The van der Waals surface area contributed by atoms with Crippen LogP contribution in [0.15, 0.2) is 34.7 Å². The van der Waals surface area contributed by atoms with Crippen LogP contribution in [0.1, 0.15) is 42.7 Å². The lowest BCUT2D eigenvalue weighted by Gasteiger charge is -2.54. The maximum absolute atomic E-state index is 12.8. The summed E-state index contributed by atoms with van der Waals surface area (Å²) in [5.41, 5.74) is 0.741. The van der Waals surface area contributed by atoms with Gasteiger partial charge in [-0.1, -0.05) is 23.2 Å². The van der Waals surface area contributed by atoms with Gasteiger partial charge in [0.05, 0.1) is 5.02 Å². The highest BCUT2D eigenvalue weighted by atomic mass is 35.5. The summed E-state index contributed by atoms with van der Waals surface area (Å²) >= 11 is 12.2. The minimum Gasteiger partial charge on any atom is -0.451 e. The number of amides is 1. The zero-order valence-corrected chi connectivity index (χ0v) is 15.9. The molecule has 6 rings (SSSR count). The number of benzene rings is 1. The Kier molecular flexibility index (Phi) is 4.06. The first-order chi connectivity index (χ1) is 12.6. The quantitative estimate of drug-likeness (QED) is 0.719. The average molecular weight is 390 g/mol. The van der Waals surface area contributed by atoms with Gasteiger partial charge in [0.15, 0.2) is 5.76 Å². The lowest BCUT2D eigenvalue weighted by atomic mass is 9.54. The van der Waals surface area contributed by atoms with Crippen molar-refractivity contribution in [3.05, 3.63) is 46.1 Å². The molecule has 4 fully saturated rings. The Morgan fingerprint density at radius 1 is 0.962 bits per heavy atom. The molecule has 1 N–H and O–H groups in total. The summed E-state index contributed by atoms with van der Waals surface area (Å²) in [4.78, 5) is 12.8. The highest BCUT2D eigenvalue weighted by molar-refractivity contribution is 6.36. The van der Waals surface area contributed by atoms with Crippen molar-refractivity contribution in [2.24, 2.45) is 23.7 Å². The first-order valence-electron chi connectivity index (χ1n) is 9.43. The minimum atomic E-state index is -0.112. The largest absolute Gasteiger partial charge is 0.451 e. The summed E-state index contributed by atoms with van der Waals surface area (Å²) < 4.78 is 5.81. The Hall–Kier alpha value is -1.45. The number of carbonyl (C=O) groups is 1. The normalized spacial score (nSPS) is 32.0. The fourth-order valence-corrected chi connectivity index (χ4v) is 6.18. The van der Waals surface area contributed by atoms with Crippen LogP contribution in [-0.2, 0) is 0 Å². The number of hydrogen-bond acceptors (Lipinski definition) is 2. The molecule has 0 spiro atoms. The molecule has 4 aliphatic carbocycles. The van der Waals surface area contributed by atoms with E-state index >= 15 is 0 Å². The van der Waals surface area contributed by atoms with Crippen molar-refractivity contribution in [2.75, 3.05) is 0 Å². The van der Waals surface area contributed by atoms with Crippen molar-refractivity contribution in [3.8, 4) is 11.3 Å². The predicted molar refractivity (Wildman–Crippen MR) is 102 cm³/mol. The summed E-state index contributed by atoms with van der Waals surface area (Å²) in [6.07, 6.45) is 6.53. The van der Waals surface area contributed by atoms with Crippen LogP contribution in [0.4, 0.5) is 0 Å². The molecule has 0 atom stereocenters. The zero-order valence-electron chi connectivity index (χ0n) is 14.4. The van der Waals surface area contributed by atoms with Crippen LogP contribution in [0.5, 0.6) is 0 Å². The molecule has 136 valence electrons.